The topological polar surface area (TPSA) is 38.5 Å². The lowest BCUT2D eigenvalue weighted by Gasteiger charge is -2.09. The van der Waals surface area contributed by atoms with Gasteiger partial charge in [-0.2, -0.15) is 5.10 Å². The number of nitrogens with one attached hydrogen (secondary N) is 1. The van der Waals surface area contributed by atoms with Gasteiger partial charge in [0.2, 0.25) is 0 Å². The van der Waals surface area contributed by atoms with Crippen LogP contribution in [0.2, 0.25) is 0 Å². The fourth-order valence-electron chi connectivity index (χ4n) is 2.67. The number of aromatic amines is 1. The maximum Gasteiger partial charge on any atom is 0.184 e. The molecule has 5 heteroatoms. The predicted octanol–water partition coefficient (Wildman–Crippen LogP) is 4.34. The van der Waals surface area contributed by atoms with E-state index in [4.69, 9.17) is 12.2 Å². The third-order valence-electron chi connectivity index (χ3n) is 3.86. The second-order valence-corrected chi connectivity index (χ2v) is 6.00. The van der Waals surface area contributed by atoms with Gasteiger partial charge >= 0.3 is 0 Å². The van der Waals surface area contributed by atoms with Crippen molar-refractivity contribution < 1.29 is 0 Å². The van der Waals surface area contributed by atoms with Crippen molar-refractivity contribution in [3.63, 3.8) is 0 Å². The van der Waals surface area contributed by atoms with Crippen LogP contribution in [0.25, 0.3) is 16.9 Å². The van der Waals surface area contributed by atoms with Crippen LogP contribution in [0.4, 0.5) is 0 Å². The molecule has 1 aromatic carbocycles. The number of imidazole rings is 1. The second kappa shape index (κ2) is 5.15. The van der Waals surface area contributed by atoms with Crippen LogP contribution in [-0.2, 0) is 6.54 Å². The van der Waals surface area contributed by atoms with E-state index in [0.29, 0.717) is 10.7 Å². The molecule has 0 aliphatic rings. The molecule has 4 nitrogen and oxygen atoms in total. The van der Waals surface area contributed by atoms with E-state index in [2.05, 4.69) is 59.7 Å². The number of hydrogen-bond donors (Lipinski definition) is 1. The summed E-state index contributed by atoms with van der Waals surface area (Å²) in [5.41, 5.74) is 5.45. The fraction of sp³-hybridized carbons (Fsp3) is 0.375. The van der Waals surface area contributed by atoms with Crippen LogP contribution in [0.3, 0.4) is 0 Å². The van der Waals surface area contributed by atoms with Gasteiger partial charge in [-0.1, -0.05) is 26.0 Å². The largest absolute Gasteiger partial charge is 0.327 e. The van der Waals surface area contributed by atoms with Crippen LogP contribution in [0, 0.1) is 11.7 Å². The smallest absolute Gasteiger partial charge is 0.184 e. The summed E-state index contributed by atoms with van der Waals surface area (Å²) in [6.07, 6.45) is 0. The highest BCUT2D eigenvalue weighted by molar-refractivity contribution is 7.71. The van der Waals surface area contributed by atoms with E-state index in [-0.39, 0.29) is 0 Å². The molecule has 0 atom stereocenters. The molecule has 0 radical (unpaired) electrons. The Balaban J connectivity index is 2.24. The summed E-state index contributed by atoms with van der Waals surface area (Å²) in [4.78, 5) is 3.28. The van der Waals surface area contributed by atoms with Crippen LogP contribution < -0.4 is 0 Å². The summed E-state index contributed by atoms with van der Waals surface area (Å²) in [5.74, 6) is 0.529. The standard InChI is InChI=1S/C16H20N4S/c1-5-19-15-14(11(4)18-19)17-16(21)20(15)13-8-6-12(7-9-13)10(2)3/h6-10H,5H2,1-4H3,(H,17,21). The van der Waals surface area contributed by atoms with E-state index < -0.39 is 0 Å². The van der Waals surface area contributed by atoms with Crippen molar-refractivity contribution in [2.24, 2.45) is 0 Å². The maximum atomic E-state index is 5.51. The average molecular weight is 300 g/mol. The molecule has 1 N–H and O–H groups in total. The van der Waals surface area contributed by atoms with E-state index in [9.17, 15) is 0 Å². The molecule has 2 aromatic heterocycles. The van der Waals surface area contributed by atoms with Crippen molar-refractivity contribution in [2.45, 2.75) is 40.2 Å². The lowest BCUT2D eigenvalue weighted by molar-refractivity contribution is 0.661. The summed E-state index contributed by atoms with van der Waals surface area (Å²) in [5, 5.41) is 4.56. The number of aryl methyl sites for hydroxylation is 2. The van der Waals surface area contributed by atoms with Gasteiger partial charge in [-0.25, -0.2) is 4.68 Å². The molecule has 3 aromatic rings. The Kier molecular flexibility index (Phi) is 3.45. The van der Waals surface area contributed by atoms with Crippen molar-refractivity contribution in [3.05, 3.63) is 40.3 Å². The predicted molar refractivity (Wildman–Crippen MR) is 88.7 cm³/mol. The van der Waals surface area contributed by atoms with Gasteiger partial charge in [-0.05, 0) is 49.7 Å². The van der Waals surface area contributed by atoms with Crippen LogP contribution in [-0.4, -0.2) is 19.3 Å². The van der Waals surface area contributed by atoms with Crippen molar-refractivity contribution in [2.75, 3.05) is 0 Å². The summed E-state index contributed by atoms with van der Waals surface area (Å²) in [7, 11) is 0. The van der Waals surface area contributed by atoms with Crippen molar-refractivity contribution in [1.29, 1.82) is 0 Å². The Labute approximate surface area is 129 Å². The molecule has 0 aliphatic heterocycles. The molecule has 0 amide bonds. The second-order valence-electron chi connectivity index (χ2n) is 5.61. The van der Waals surface area contributed by atoms with Crippen LogP contribution in [0.5, 0.6) is 0 Å². The molecule has 0 unspecified atom stereocenters. The van der Waals surface area contributed by atoms with Crippen LogP contribution in [0.15, 0.2) is 24.3 Å². The zero-order valence-electron chi connectivity index (χ0n) is 12.8. The highest BCUT2D eigenvalue weighted by Gasteiger charge is 2.15. The molecule has 2 heterocycles. The Morgan fingerprint density at radius 3 is 2.48 bits per heavy atom. The summed E-state index contributed by atoms with van der Waals surface area (Å²) in [6.45, 7) is 9.32. The third-order valence-corrected chi connectivity index (χ3v) is 4.15. The van der Waals surface area contributed by atoms with Gasteiger partial charge in [0.05, 0.1) is 5.69 Å². The number of rotatable bonds is 3. The Bertz CT molecular complexity index is 834. The van der Waals surface area contributed by atoms with Gasteiger partial charge in [0.1, 0.15) is 5.52 Å². The number of benzene rings is 1. The molecule has 0 fully saturated rings. The molecule has 110 valence electrons. The van der Waals surface area contributed by atoms with Crippen LogP contribution >= 0.6 is 12.2 Å². The molecule has 3 rings (SSSR count). The van der Waals surface area contributed by atoms with Gasteiger partial charge in [0.15, 0.2) is 10.4 Å². The van der Waals surface area contributed by atoms with Gasteiger partial charge in [-0.15, -0.1) is 0 Å². The fourth-order valence-corrected chi connectivity index (χ4v) is 2.96. The monoisotopic (exact) mass is 300 g/mol. The van der Waals surface area contributed by atoms with E-state index >= 15 is 0 Å². The van der Waals surface area contributed by atoms with Crippen molar-refractivity contribution in [3.8, 4) is 5.69 Å². The zero-order valence-corrected chi connectivity index (χ0v) is 13.7. The Hall–Kier alpha value is -1.88. The normalized spacial score (nSPS) is 11.7. The van der Waals surface area contributed by atoms with E-state index in [0.717, 1.165) is 29.1 Å². The first kappa shape index (κ1) is 14.1. The number of aromatic nitrogens is 4. The third kappa shape index (κ3) is 2.21. The minimum atomic E-state index is 0.529. The maximum absolute atomic E-state index is 5.51. The molecule has 0 bridgehead atoms. The van der Waals surface area contributed by atoms with E-state index in [1.54, 1.807) is 0 Å². The first-order valence-corrected chi connectivity index (χ1v) is 7.72. The van der Waals surface area contributed by atoms with Crippen molar-refractivity contribution in [1.82, 2.24) is 19.3 Å². The van der Waals surface area contributed by atoms with Crippen molar-refractivity contribution >= 4 is 23.4 Å². The highest BCUT2D eigenvalue weighted by Crippen LogP contribution is 2.23. The minimum absolute atomic E-state index is 0.529. The molecule has 0 spiro atoms. The summed E-state index contributed by atoms with van der Waals surface area (Å²) >= 11 is 5.51. The lowest BCUT2D eigenvalue weighted by atomic mass is 10.0. The Morgan fingerprint density at radius 2 is 1.90 bits per heavy atom. The number of nitrogens with zero attached hydrogens (tertiary/aromatic N) is 3. The van der Waals surface area contributed by atoms with Gasteiger partial charge in [-0.3, -0.25) is 4.57 Å². The first-order chi connectivity index (χ1) is 10.0. The Morgan fingerprint density at radius 1 is 1.24 bits per heavy atom. The molecule has 0 saturated heterocycles. The van der Waals surface area contributed by atoms with E-state index in [1.165, 1.54) is 5.56 Å². The SMILES string of the molecule is CCn1nc(C)c2[nH]c(=S)n(-c3ccc(C(C)C)cc3)c21. The summed E-state index contributed by atoms with van der Waals surface area (Å²) in [6, 6.07) is 8.59. The van der Waals surface area contributed by atoms with E-state index in [1.807, 2.05) is 11.6 Å². The lowest BCUT2D eigenvalue weighted by Crippen LogP contribution is -2.03. The number of hydrogen-bond acceptors (Lipinski definition) is 2. The van der Waals surface area contributed by atoms with Gasteiger partial charge in [0, 0.05) is 12.2 Å². The molecule has 0 saturated carbocycles. The molecular weight excluding hydrogens is 280 g/mol. The first-order valence-electron chi connectivity index (χ1n) is 7.31. The molecular formula is C16H20N4S. The van der Waals surface area contributed by atoms with Gasteiger partial charge in [0.25, 0.3) is 0 Å². The highest BCUT2D eigenvalue weighted by atomic mass is 32.1. The average Bonchev–Trinajstić information content (AvgIpc) is 2.96. The summed E-state index contributed by atoms with van der Waals surface area (Å²) < 4.78 is 4.77. The molecule has 0 aliphatic carbocycles. The quantitative estimate of drug-likeness (QED) is 0.731. The van der Waals surface area contributed by atoms with Gasteiger partial charge < -0.3 is 4.98 Å². The molecule has 21 heavy (non-hydrogen) atoms. The van der Waals surface area contributed by atoms with Crippen LogP contribution in [0.1, 0.15) is 37.9 Å². The number of fused-ring (bicyclic) bond motifs is 1. The zero-order chi connectivity index (χ0) is 15.1. The minimum Gasteiger partial charge on any atom is -0.327 e. The number of H-pyrrole nitrogens is 1.